The molecule has 2 heterocycles. The molecule has 9 heteroatoms. The summed E-state index contributed by atoms with van der Waals surface area (Å²) in [6, 6.07) is 9.37. The maximum absolute atomic E-state index is 13.6. The molecule has 2 N–H and O–H groups in total. The van der Waals surface area contributed by atoms with Gasteiger partial charge < -0.3 is 25.2 Å². The van der Waals surface area contributed by atoms with Crippen molar-refractivity contribution in [3.63, 3.8) is 0 Å². The number of anilines is 2. The van der Waals surface area contributed by atoms with Crippen LogP contribution in [-0.2, 0) is 9.59 Å². The Labute approximate surface area is 232 Å². The molecule has 2 bridgehead atoms. The first-order valence-electron chi connectivity index (χ1n) is 14.3. The second-order valence-corrected chi connectivity index (χ2v) is 9.88. The fourth-order valence-electron chi connectivity index (χ4n) is 4.42. The number of aromatic nitrogens is 1. The number of ether oxygens (including phenoxy) is 1. The molecule has 0 unspecified atom stereocenters. The molecule has 0 aliphatic carbocycles. The number of nitrogens with one attached hydrogen (secondary N) is 2. The minimum atomic E-state index is -0.248. The summed E-state index contributed by atoms with van der Waals surface area (Å²) in [5.41, 5.74) is 1.71. The number of fused-ring (bicyclic) bond motifs is 3. The molecule has 2 aromatic rings. The van der Waals surface area contributed by atoms with Crippen molar-refractivity contribution in [2.75, 3.05) is 44.2 Å². The van der Waals surface area contributed by atoms with Crippen LogP contribution in [0.25, 0.3) is 0 Å². The highest BCUT2D eigenvalue weighted by Gasteiger charge is 2.23. The molecule has 1 aromatic carbocycles. The Hall–Kier alpha value is -3.62. The summed E-state index contributed by atoms with van der Waals surface area (Å²) in [6.07, 6.45) is 10.5. The van der Waals surface area contributed by atoms with Gasteiger partial charge in [0.15, 0.2) is 0 Å². The molecule has 1 aliphatic heterocycles. The molecule has 3 rings (SSSR count). The van der Waals surface area contributed by atoms with Crippen molar-refractivity contribution in [3.05, 3.63) is 48.3 Å². The fraction of sp³-hybridized carbons (Fsp3) is 0.533. The Balaban J connectivity index is 1.94. The number of hydrogen-bond donors (Lipinski definition) is 2. The van der Waals surface area contributed by atoms with Gasteiger partial charge in [-0.3, -0.25) is 19.4 Å². The summed E-state index contributed by atoms with van der Waals surface area (Å²) in [4.78, 5) is 47.0. The highest BCUT2D eigenvalue weighted by atomic mass is 16.5. The van der Waals surface area contributed by atoms with Crippen LogP contribution in [0.4, 0.5) is 11.4 Å². The predicted molar refractivity (Wildman–Crippen MR) is 153 cm³/mol. The van der Waals surface area contributed by atoms with Crippen molar-refractivity contribution >= 4 is 29.1 Å². The number of unbranched alkanes of at least 4 members (excludes halogenated alkanes) is 2. The lowest BCUT2D eigenvalue weighted by atomic mass is 10.1. The highest BCUT2D eigenvalue weighted by Crippen LogP contribution is 2.34. The van der Waals surface area contributed by atoms with Crippen LogP contribution in [-0.4, -0.2) is 66.9 Å². The Kier molecular flexibility index (Phi) is 12.6. The van der Waals surface area contributed by atoms with Crippen LogP contribution in [0.1, 0.15) is 75.6 Å². The summed E-state index contributed by atoms with van der Waals surface area (Å²) in [6.45, 7) is 6.44. The van der Waals surface area contributed by atoms with Crippen molar-refractivity contribution in [2.45, 2.75) is 65.2 Å². The lowest BCUT2D eigenvalue weighted by Crippen LogP contribution is -2.41. The first-order chi connectivity index (χ1) is 19.0. The van der Waals surface area contributed by atoms with Gasteiger partial charge in [0.05, 0.1) is 36.3 Å². The monoisotopic (exact) mass is 537 g/mol. The van der Waals surface area contributed by atoms with E-state index in [1.54, 1.807) is 17.2 Å². The first kappa shape index (κ1) is 29.9. The van der Waals surface area contributed by atoms with E-state index < -0.39 is 0 Å². The number of carbonyl (C=O) groups is 3. The molecule has 0 atom stereocenters. The van der Waals surface area contributed by atoms with Crippen LogP contribution in [0.2, 0.25) is 0 Å². The third-order valence-corrected chi connectivity index (χ3v) is 6.65. The Bertz CT molecular complexity index is 1080. The minimum absolute atomic E-state index is 0.00225. The van der Waals surface area contributed by atoms with Crippen LogP contribution < -0.4 is 20.3 Å². The van der Waals surface area contributed by atoms with Crippen molar-refractivity contribution in [1.82, 2.24) is 20.5 Å². The average molecular weight is 538 g/mol. The van der Waals surface area contributed by atoms with Gasteiger partial charge in [-0.05, 0) is 43.9 Å². The van der Waals surface area contributed by atoms with E-state index in [4.69, 9.17) is 4.74 Å². The number of carbonyl (C=O) groups excluding carboxylic acids is 3. The summed E-state index contributed by atoms with van der Waals surface area (Å²) < 4.78 is 6.16. The Morgan fingerprint density at radius 1 is 0.923 bits per heavy atom. The third-order valence-electron chi connectivity index (χ3n) is 6.65. The minimum Gasteiger partial charge on any atom is -0.491 e. The maximum atomic E-state index is 13.6. The average Bonchev–Trinajstić information content (AvgIpc) is 2.95. The molecule has 0 spiro atoms. The van der Waals surface area contributed by atoms with E-state index in [1.807, 2.05) is 29.2 Å². The van der Waals surface area contributed by atoms with Crippen LogP contribution in [0, 0.1) is 0 Å². The van der Waals surface area contributed by atoms with E-state index in [0.717, 1.165) is 57.1 Å². The molecule has 0 radical (unpaired) electrons. The molecule has 1 aliphatic rings. The van der Waals surface area contributed by atoms with Crippen LogP contribution >= 0.6 is 0 Å². The normalized spacial score (nSPS) is 14.5. The number of benzene rings is 1. The third kappa shape index (κ3) is 9.57. The van der Waals surface area contributed by atoms with Gasteiger partial charge in [0.25, 0.3) is 5.91 Å². The number of nitrogens with zero attached hydrogens (tertiary/aromatic N) is 3. The zero-order valence-corrected chi connectivity index (χ0v) is 23.4. The number of para-hydroxylation sites is 2. The SMILES string of the molecule is CCCCNC(=O)CN1CCCCCCOc2ccccc2N(CC(=O)NCCCC)c2cncc(c2)C1=O. The van der Waals surface area contributed by atoms with E-state index >= 15 is 0 Å². The van der Waals surface area contributed by atoms with Gasteiger partial charge in [0.2, 0.25) is 11.8 Å². The van der Waals surface area contributed by atoms with Gasteiger partial charge in [-0.2, -0.15) is 0 Å². The summed E-state index contributed by atoms with van der Waals surface area (Å²) in [5, 5.41) is 5.89. The number of hydrogen-bond acceptors (Lipinski definition) is 6. The quantitative estimate of drug-likeness (QED) is 0.434. The largest absolute Gasteiger partial charge is 0.491 e. The first-order valence-corrected chi connectivity index (χ1v) is 14.3. The number of pyridine rings is 1. The highest BCUT2D eigenvalue weighted by molar-refractivity contribution is 5.97. The second-order valence-electron chi connectivity index (χ2n) is 9.88. The van der Waals surface area contributed by atoms with Gasteiger partial charge in [-0.15, -0.1) is 0 Å². The zero-order valence-electron chi connectivity index (χ0n) is 23.4. The topological polar surface area (TPSA) is 104 Å². The molecule has 0 fully saturated rings. The van der Waals surface area contributed by atoms with Gasteiger partial charge in [-0.25, -0.2) is 0 Å². The molecule has 39 heavy (non-hydrogen) atoms. The van der Waals surface area contributed by atoms with Crippen molar-refractivity contribution in [1.29, 1.82) is 0 Å². The van der Waals surface area contributed by atoms with Crippen LogP contribution in [0.3, 0.4) is 0 Å². The number of rotatable bonds is 10. The van der Waals surface area contributed by atoms with Gasteiger partial charge in [-0.1, -0.05) is 51.7 Å². The summed E-state index contributed by atoms with van der Waals surface area (Å²) in [7, 11) is 0. The van der Waals surface area contributed by atoms with E-state index in [1.165, 1.54) is 6.20 Å². The van der Waals surface area contributed by atoms with Crippen molar-refractivity contribution < 1.29 is 19.1 Å². The van der Waals surface area contributed by atoms with Crippen molar-refractivity contribution in [2.24, 2.45) is 0 Å². The molecule has 0 saturated heterocycles. The summed E-state index contributed by atoms with van der Waals surface area (Å²) in [5.74, 6) is 0.141. The van der Waals surface area contributed by atoms with E-state index in [0.29, 0.717) is 43.2 Å². The molecule has 0 saturated carbocycles. The number of amides is 3. The second kappa shape index (κ2) is 16.4. The molecule has 1 aromatic heterocycles. The van der Waals surface area contributed by atoms with Gasteiger partial charge in [0, 0.05) is 25.8 Å². The molecule has 3 amide bonds. The van der Waals surface area contributed by atoms with E-state index in [9.17, 15) is 14.4 Å². The van der Waals surface area contributed by atoms with E-state index in [2.05, 4.69) is 29.5 Å². The predicted octanol–water partition coefficient (Wildman–Crippen LogP) is 4.45. The standard InChI is InChI=1S/C30H43N5O4/c1-3-5-15-32-28(36)22-34-17-11-7-8-12-18-39-27-14-10-9-13-26(27)35(23-29(37)33-16-6-4-2)25-19-24(30(34)38)20-31-21-25/h9-10,13-14,19-21H,3-8,11-12,15-18,22-23H2,1-2H3,(H,32,36)(H,33,37). The summed E-state index contributed by atoms with van der Waals surface area (Å²) >= 11 is 0. The lowest BCUT2D eigenvalue weighted by Gasteiger charge is -2.27. The molecular formula is C30H43N5O4. The van der Waals surface area contributed by atoms with Crippen molar-refractivity contribution in [3.8, 4) is 5.75 Å². The molecular weight excluding hydrogens is 494 g/mol. The van der Waals surface area contributed by atoms with E-state index in [-0.39, 0.29) is 30.8 Å². The smallest absolute Gasteiger partial charge is 0.255 e. The zero-order chi connectivity index (χ0) is 27.9. The Morgan fingerprint density at radius 3 is 2.36 bits per heavy atom. The maximum Gasteiger partial charge on any atom is 0.255 e. The van der Waals surface area contributed by atoms with Crippen LogP contribution in [0.5, 0.6) is 5.75 Å². The van der Waals surface area contributed by atoms with Gasteiger partial charge >= 0.3 is 0 Å². The molecule has 9 nitrogen and oxygen atoms in total. The fourth-order valence-corrected chi connectivity index (χ4v) is 4.42. The Morgan fingerprint density at radius 2 is 1.62 bits per heavy atom. The lowest BCUT2D eigenvalue weighted by molar-refractivity contribution is -0.122. The van der Waals surface area contributed by atoms with Gasteiger partial charge in [0.1, 0.15) is 12.3 Å². The molecule has 212 valence electrons. The van der Waals surface area contributed by atoms with Crippen LogP contribution in [0.15, 0.2) is 42.7 Å².